The van der Waals surface area contributed by atoms with Gasteiger partial charge in [0.1, 0.15) is 30.2 Å². The smallest absolute Gasteiger partial charge is 0.326 e. The molecule has 0 aliphatic rings. The minimum atomic E-state index is -1.44. The Morgan fingerprint density at radius 3 is 1.53 bits per heavy atom. The monoisotopic (exact) mass is 730 g/mol. The molecule has 16 N–H and O–H groups in total. The number of carbonyl (C=O) groups is 9. The Hall–Kier alpha value is -4.89. The number of carboxylic acid groups (broad SMARTS) is 2. The van der Waals surface area contributed by atoms with Crippen LogP contribution in [0.25, 0.3) is 0 Å². The van der Waals surface area contributed by atoms with Crippen LogP contribution in [-0.4, -0.2) is 119 Å². The summed E-state index contributed by atoms with van der Waals surface area (Å²) in [6, 6.07) is -7.32. The summed E-state index contributed by atoms with van der Waals surface area (Å²) in [5.41, 5.74) is 21.8. The molecule has 0 heterocycles. The molecule has 0 bridgehead atoms. The van der Waals surface area contributed by atoms with Gasteiger partial charge in [0, 0.05) is 12.8 Å². The molecule has 0 fully saturated rings. The fourth-order valence-electron chi connectivity index (χ4n) is 4.37. The molecule has 0 spiro atoms. The third-order valence-electron chi connectivity index (χ3n) is 7.41. The maximum absolute atomic E-state index is 13.1. The Morgan fingerprint density at radius 1 is 0.569 bits per heavy atom. The molecular formula is C30H54N10O11. The summed E-state index contributed by atoms with van der Waals surface area (Å²) in [4.78, 5) is 110. The van der Waals surface area contributed by atoms with Crippen LogP contribution in [0.5, 0.6) is 0 Å². The maximum atomic E-state index is 13.1. The largest absolute Gasteiger partial charge is 0.481 e. The van der Waals surface area contributed by atoms with E-state index in [2.05, 4.69) is 31.9 Å². The van der Waals surface area contributed by atoms with Crippen molar-refractivity contribution in [3.8, 4) is 0 Å². The van der Waals surface area contributed by atoms with Gasteiger partial charge in [-0.2, -0.15) is 0 Å². The molecule has 0 rings (SSSR count). The van der Waals surface area contributed by atoms with E-state index in [4.69, 9.17) is 28.0 Å². The molecule has 0 aliphatic heterocycles. The highest BCUT2D eigenvalue weighted by Crippen LogP contribution is 2.05. The van der Waals surface area contributed by atoms with Gasteiger partial charge in [-0.15, -0.1) is 0 Å². The third kappa shape index (κ3) is 20.4. The minimum absolute atomic E-state index is 0.106. The molecule has 0 saturated carbocycles. The number of primary amides is 1. The second-order valence-corrected chi connectivity index (χ2v) is 11.9. The topological polar surface area (TPSA) is 370 Å². The molecule has 7 amide bonds. The Balaban J connectivity index is 5.42. The number of hydrogen-bond donors (Lipinski definition) is 12. The van der Waals surface area contributed by atoms with Crippen molar-refractivity contribution in [3.05, 3.63) is 0 Å². The highest BCUT2D eigenvalue weighted by Gasteiger charge is 2.29. The van der Waals surface area contributed by atoms with Crippen molar-refractivity contribution in [2.45, 2.75) is 114 Å². The van der Waals surface area contributed by atoms with Crippen LogP contribution in [0.15, 0.2) is 0 Å². The average molecular weight is 731 g/mol. The number of carbonyl (C=O) groups excluding carboxylic acids is 7. The molecule has 0 aromatic rings. The van der Waals surface area contributed by atoms with Crippen molar-refractivity contribution in [3.63, 3.8) is 0 Å². The van der Waals surface area contributed by atoms with Gasteiger partial charge in [0.2, 0.25) is 41.4 Å². The summed E-state index contributed by atoms with van der Waals surface area (Å²) in [5, 5.41) is 32.5. The Bertz CT molecular complexity index is 1220. The fraction of sp³-hybridized carbons (Fsp3) is 0.700. The molecule has 290 valence electrons. The van der Waals surface area contributed by atoms with Gasteiger partial charge in [-0.1, -0.05) is 0 Å². The highest BCUT2D eigenvalue weighted by molar-refractivity contribution is 5.96. The number of carboxylic acids is 2. The second-order valence-electron chi connectivity index (χ2n) is 11.9. The summed E-state index contributed by atoms with van der Waals surface area (Å²) in [5.74, 6) is -7.98. The van der Waals surface area contributed by atoms with Gasteiger partial charge in [0.25, 0.3) is 0 Å². The zero-order valence-corrected chi connectivity index (χ0v) is 29.0. The first-order chi connectivity index (χ1) is 23.9. The number of amides is 7. The van der Waals surface area contributed by atoms with Crippen LogP contribution in [0.2, 0.25) is 0 Å². The predicted molar refractivity (Wildman–Crippen MR) is 181 cm³/mol. The molecule has 51 heavy (non-hydrogen) atoms. The van der Waals surface area contributed by atoms with Gasteiger partial charge in [-0.25, -0.2) is 4.79 Å². The lowest BCUT2D eigenvalue weighted by Crippen LogP contribution is -2.56. The fourth-order valence-corrected chi connectivity index (χ4v) is 4.37. The molecule has 0 radical (unpaired) electrons. The van der Waals surface area contributed by atoms with Gasteiger partial charge < -0.3 is 65.0 Å². The first-order valence-corrected chi connectivity index (χ1v) is 16.6. The molecule has 0 saturated heterocycles. The minimum Gasteiger partial charge on any atom is -0.481 e. The number of nitrogens with one attached hydrogen (secondary N) is 6. The van der Waals surface area contributed by atoms with E-state index >= 15 is 0 Å². The van der Waals surface area contributed by atoms with E-state index in [9.17, 15) is 48.3 Å². The number of unbranched alkanes of at least 4 members (excludes halogenated alkanes) is 2. The van der Waals surface area contributed by atoms with Crippen LogP contribution >= 0.6 is 0 Å². The predicted octanol–water partition coefficient (Wildman–Crippen LogP) is -4.63. The van der Waals surface area contributed by atoms with Crippen LogP contribution in [0.1, 0.15) is 78.1 Å². The first kappa shape index (κ1) is 46.1. The normalized spacial score (nSPS) is 14.3. The van der Waals surface area contributed by atoms with E-state index in [1.807, 2.05) is 0 Å². The zero-order chi connectivity index (χ0) is 39.1. The van der Waals surface area contributed by atoms with Crippen molar-refractivity contribution in [2.75, 3.05) is 19.6 Å². The average Bonchev–Trinajstić information content (AvgIpc) is 3.06. The number of aliphatic carboxylic acids is 2. The standard InChI is InChI=1S/C30H54N10O11/c1-16(36-27(47)18(33)9-12-24(43)44)25(45)39-19(7-3-5-13-31)28(48)35-15-23(42)38-20(8-4-6-14-32)29(49)37-17(2)26(46)40-21(30(50)51)10-11-22(34)41/h16-21H,3-15,31-33H2,1-2H3,(H2,34,41)(H,35,48)(H,36,47)(H,37,49)(H,38,42)(H,39,45)(H,40,46)(H,43,44)(H,50,51)/t16-,17-,18-,19-,20-,21-/m0/s1. The lowest BCUT2D eigenvalue weighted by Gasteiger charge is -2.23. The van der Waals surface area contributed by atoms with Gasteiger partial charge in [0.05, 0.1) is 12.6 Å². The first-order valence-electron chi connectivity index (χ1n) is 16.6. The number of nitrogens with two attached hydrogens (primary N) is 4. The SMILES string of the molecule is C[C@H](NC(=O)[C@H](CCCCN)NC(=O)CNC(=O)[C@H](CCCCN)NC(=O)[C@H](C)NC(=O)[C@@H](N)CCC(=O)O)C(=O)N[C@@H](CCC(N)=O)C(=O)O. The van der Waals surface area contributed by atoms with E-state index in [1.165, 1.54) is 13.8 Å². The van der Waals surface area contributed by atoms with Crippen molar-refractivity contribution in [1.82, 2.24) is 31.9 Å². The van der Waals surface area contributed by atoms with Crippen molar-refractivity contribution < 1.29 is 53.4 Å². The van der Waals surface area contributed by atoms with Crippen molar-refractivity contribution >= 4 is 53.3 Å². The van der Waals surface area contributed by atoms with Gasteiger partial charge >= 0.3 is 11.9 Å². The van der Waals surface area contributed by atoms with E-state index in [0.717, 1.165) is 0 Å². The lowest BCUT2D eigenvalue weighted by molar-refractivity contribution is -0.142. The molecule has 0 aromatic heterocycles. The molecule has 21 nitrogen and oxygen atoms in total. The summed E-state index contributed by atoms with van der Waals surface area (Å²) < 4.78 is 0. The Labute approximate surface area is 295 Å². The highest BCUT2D eigenvalue weighted by atomic mass is 16.4. The second kappa shape index (κ2) is 25.1. The van der Waals surface area contributed by atoms with Crippen molar-refractivity contribution in [2.24, 2.45) is 22.9 Å². The van der Waals surface area contributed by atoms with Gasteiger partial charge in [-0.3, -0.25) is 38.4 Å². The zero-order valence-electron chi connectivity index (χ0n) is 29.0. The van der Waals surface area contributed by atoms with E-state index in [1.54, 1.807) is 0 Å². The molecular weight excluding hydrogens is 676 g/mol. The Morgan fingerprint density at radius 2 is 1.06 bits per heavy atom. The summed E-state index contributed by atoms with van der Waals surface area (Å²) in [6.45, 7) is 2.64. The molecule has 0 aliphatic carbocycles. The van der Waals surface area contributed by atoms with Gasteiger partial charge in [-0.05, 0) is 78.3 Å². The third-order valence-corrected chi connectivity index (χ3v) is 7.41. The molecule has 6 atom stereocenters. The lowest BCUT2D eigenvalue weighted by atomic mass is 10.1. The van der Waals surface area contributed by atoms with Crippen LogP contribution in [0.3, 0.4) is 0 Å². The number of rotatable bonds is 27. The van der Waals surface area contributed by atoms with E-state index in [-0.39, 0.29) is 38.5 Å². The van der Waals surface area contributed by atoms with E-state index in [0.29, 0.717) is 38.8 Å². The quantitative estimate of drug-likeness (QED) is 0.0354. The van der Waals surface area contributed by atoms with Gasteiger partial charge in [0.15, 0.2) is 0 Å². The Kier molecular flexibility index (Phi) is 22.7. The van der Waals surface area contributed by atoms with Crippen LogP contribution in [-0.2, 0) is 43.2 Å². The number of hydrogen-bond acceptors (Lipinski definition) is 12. The van der Waals surface area contributed by atoms with Crippen molar-refractivity contribution in [1.29, 1.82) is 0 Å². The van der Waals surface area contributed by atoms with Crippen LogP contribution in [0.4, 0.5) is 0 Å². The molecule has 0 aromatic carbocycles. The summed E-state index contributed by atoms with van der Waals surface area (Å²) >= 11 is 0. The molecule has 21 heteroatoms. The summed E-state index contributed by atoms with van der Waals surface area (Å²) in [7, 11) is 0. The summed E-state index contributed by atoms with van der Waals surface area (Å²) in [6.07, 6.45) is 1.03. The van der Waals surface area contributed by atoms with Crippen LogP contribution in [0, 0.1) is 0 Å². The van der Waals surface area contributed by atoms with Crippen LogP contribution < -0.4 is 54.8 Å². The molecule has 0 unspecified atom stereocenters. The maximum Gasteiger partial charge on any atom is 0.326 e. The van der Waals surface area contributed by atoms with E-state index < -0.39 is 96.1 Å².